The second-order valence-electron chi connectivity index (χ2n) is 6.15. The summed E-state index contributed by atoms with van der Waals surface area (Å²) in [6, 6.07) is 0.563. The molecule has 0 saturated carbocycles. The van der Waals surface area contributed by atoms with Gasteiger partial charge in [-0.05, 0) is 40.2 Å². The second-order valence-corrected chi connectivity index (χ2v) is 7.44. The number of ether oxygens (including phenoxy) is 1. The molecule has 0 radical (unpaired) electrons. The lowest BCUT2D eigenvalue weighted by molar-refractivity contribution is 0.141. The van der Waals surface area contributed by atoms with E-state index in [0.29, 0.717) is 12.6 Å². The molecule has 136 valence electrons. The summed E-state index contributed by atoms with van der Waals surface area (Å²) in [5, 5.41) is 7.90. The molecule has 2 heterocycles. The Labute approximate surface area is 149 Å². The van der Waals surface area contributed by atoms with Crippen LogP contribution < -0.4 is 10.6 Å². The maximum absolute atomic E-state index is 5.21. The number of thiazole rings is 1. The third-order valence-corrected chi connectivity index (χ3v) is 5.43. The number of aromatic nitrogens is 1. The van der Waals surface area contributed by atoms with Gasteiger partial charge < -0.3 is 15.4 Å². The van der Waals surface area contributed by atoms with Crippen LogP contribution in [-0.4, -0.2) is 61.8 Å². The molecule has 1 aliphatic heterocycles. The summed E-state index contributed by atoms with van der Waals surface area (Å²) in [5.74, 6) is 0.876. The summed E-state index contributed by atoms with van der Waals surface area (Å²) < 4.78 is 5.21. The number of likely N-dealkylation sites (tertiary alicyclic amines) is 1. The molecule has 0 aromatic carbocycles. The topological polar surface area (TPSA) is 61.8 Å². The van der Waals surface area contributed by atoms with E-state index in [9.17, 15) is 0 Å². The van der Waals surface area contributed by atoms with Crippen molar-refractivity contribution in [1.82, 2.24) is 20.5 Å². The average molecular weight is 354 g/mol. The van der Waals surface area contributed by atoms with Gasteiger partial charge in [-0.1, -0.05) is 0 Å². The maximum Gasteiger partial charge on any atom is 0.191 e. The zero-order valence-corrected chi connectivity index (χ0v) is 16.2. The van der Waals surface area contributed by atoms with Crippen LogP contribution in [-0.2, 0) is 11.3 Å². The zero-order chi connectivity index (χ0) is 17.4. The van der Waals surface area contributed by atoms with Crippen LogP contribution in [0.2, 0.25) is 0 Å². The van der Waals surface area contributed by atoms with Gasteiger partial charge in [0.15, 0.2) is 5.96 Å². The van der Waals surface area contributed by atoms with Crippen molar-refractivity contribution in [2.75, 3.05) is 39.9 Å². The van der Waals surface area contributed by atoms with Crippen molar-refractivity contribution in [3.05, 3.63) is 15.6 Å². The summed E-state index contributed by atoms with van der Waals surface area (Å²) in [6.07, 6.45) is 2.50. The van der Waals surface area contributed by atoms with E-state index in [-0.39, 0.29) is 0 Å². The number of hydrogen-bond donors (Lipinski definition) is 2. The Kier molecular flexibility index (Phi) is 7.94. The first-order valence-corrected chi connectivity index (χ1v) is 9.63. The Balaban J connectivity index is 1.86. The SMILES string of the molecule is CCNC(=NCc1nc(C)c(C)s1)NCC1CCCN1CCOC. The minimum absolute atomic E-state index is 0.563. The van der Waals surface area contributed by atoms with Gasteiger partial charge in [-0.25, -0.2) is 9.98 Å². The van der Waals surface area contributed by atoms with Gasteiger partial charge in [-0.15, -0.1) is 11.3 Å². The highest BCUT2D eigenvalue weighted by atomic mass is 32.1. The molecule has 1 aromatic heterocycles. The Morgan fingerprint density at radius 2 is 2.25 bits per heavy atom. The Morgan fingerprint density at radius 3 is 2.92 bits per heavy atom. The molecule has 0 bridgehead atoms. The molecule has 0 amide bonds. The number of nitrogens with zero attached hydrogens (tertiary/aromatic N) is 3. The Hall–Kier alpha value is -1.18. The number of rotatable bonds is 8. The molecule has 1 saturated heterocycles. The predicted octanol–water partition coefficient (Wildman–Crippen LogP) is 1.93. The van der Waals surface area contributed by atoms with Crippen LogP contribution >= 0.6 is 11.3 Å². The third-order valence-electron chi connectivity index (χ3n) is 4.38. The highest BCUT2D eigenvalue weighted by Crippen LogP contribution is 2.17. The second kappa shape index (κ2) is 9.96. The van der Waals surface area contributed by atoms with Gasteiger partial charge in [0.2, 0.25) is 0 Å². The van der Waals surface area contributed by atoms with Crippen LogP contribution in [0.15, 0.2) is 4.99 Å². The van der Waals surface area contributed by atoms with Crippen molar-refractivity contribution in [1.29, 1.82) is 0 Å². The minimum atomic E-state index is 0.563. The molecule has 2 N–H and O–H groups in total. The number of nitrogens with one attached hydrogen (secondary N) is 2. The van der Waals surface area contributed by atoms with Crippen molar-refractivity contribution in [3.63, 3.8) is 0 Å². The van der Waals surface area contributed by atoms with E-state index < -0.39 is 0 Å². The third kappa shape index (κ3) is 5.72. The molecule has 24 heavy (non-hydrogen) atoms. The number of hydrogen-bond acceptors (Lipinski definition) is 5. The average Bonchev–Trinajstić information content (AvgIpc) is 3.14. The van der Waals surface area contributed by atoms with Crippen LogP contribution in [0.25, 0.3) is 0 Å². The highest BCUT2D eigenvalue weighted by Gasteiger charge is 2.23. The van der Waals surface area contributed by atoms with Crippen molar-refractivity contribution < 1.29 is 4.74 Å². The maximum atomic E-state index is 5.21. The summed E-state index contributed by atoms with van der Waals surface area (Å²) in [7, 11) is 1.77. The summed E-state index contributed by atoms with van der Waals surface area (Å²) in [4.78, 5) is 13.0. The lowest BCUT2D eigenvalue weighted by Crippen LogP contribution is -2.45. The highest BCUT2D eigenvalue weighted by molar-refractivity contribution is 7.11. The number of guanidine groups is 1. The van der Waals surface area contributed by atoms with Crippen LogP contribution in [0.5, 0.6) is 0 Å². The van der Waals surface area contributed by atoms with E-state index >= 15 is 0 Å². The lowest BCUT2D eigenvalue weighted by Gasteiger charge is -2.25. The van der Waals surface area contributed by atoms with Gasteiger partial charge in [0, 0.05) is 37.7 Å². The lowest BCUT2D eigenvalue weighted by atomic mass is 10.2. The fourth-order valence-electron chi connectivity index (χ4n) is 2.94. The molecule has 1 unspecified atom stereocenters. The molecule has 1 aliphatic rings. The van der Waals surface area contributed by atoms with Crippen molar-refractivity contribution in [2.45, 2.75) is 46.2 Å². The smallest absolute Gasteiger partial charge is 0.191 e. The standard InChI is InChI=1S/C17H31N5OS/c1-5-18-17(20-12-16-21-13(2)14(3)24-16)19-11-15-7-6-8-22(15)9-10-23-4/h15H,5-12H2,1-4H3,(H2,18,19,20). The molecular formula is C17H31N5OS. The molecule has 1 atom stereocenters. The van der Waals surface area contributed by atoms with Crippen molar-refractivity contribution in [3.8, 4) is 0 Å². The first-order valence-electron chi connectivity index (χ1n) is 8.82. The van der Waals surface area contributed by atoms with E-state index in [1.165, 1.54) is 24.3 Å². The monoisotopic (exact) mass is 353 g/mol. The fourth-order valence-corrected chi connectivity index (χ4v) is 3.80. The molecule has 2 rings (SSSR count). The fraction of sp³-hybridized carbons (Fsp3) is 0.765. The van der Waals surface area contributed by atoms with E-state index in [1.54, 1.807) is 18.4 Å². The first-order chi connectivity index (χ1) is 11.6. The van der Waals surface area contributed by atoms with E-state index in [1.807, 2.05) is 0 Å². The van der Waals surface area contributed by atoms with Crippen LogP contribution in [0.1, 0.15) is 35.3 Å². The van der Waals surface area contributed by atoms with E-state index in [4.69, 9.17) is 4.74 Å². The van der Waals surface area contributed by atoms with Gasteiger partial charge in [-0.3, -0.25) is 4.90 Å². The van der Waals surface area contributed by atoms with Crippen LogP contribution in [0.4, 0.5) is 0 Å². The van der Waals surface area contributed by atoms with Crippen LogP contribution in [0.3, 0.4) is 0 Å². The number of aryl methyl sites for hydroxylation is 2. The zero-order valence-electron chi connectivity index (χ0n) is 15.4. The molecule has 0 spiro atoms. The van der Waals surface area contributed by atoms with Crippen molar-refractivity contribution in [2.24, 2.45) is 4.99 Å². The van der Waals surface area contributed by atoms with E-state index in [2.05, 4.69) is 46.3 Å². The van der Waals surface area contributed by atoms with Crippen LogP contribution in [0, 0.1) is 13.8 Å². The van der Waals surface area contributed by atoms with Gasteiger partial charge in [0.05, 0.1) is 18.8 Å². The van der Waals surface area contributed by atoms with E-state index in [0.717, 1.165) is 42.9 Å². The van der Waals surface area contributed by atoms with Gasteiger partial charge in [0.1, 0.15) is 5.01 Å². The number of aliphatic imine (C=N–C) groups is 1. The summed E-state index contributed by atoms with van der Waals surface area (Å²) >= 11 is 1.73. The van der Waals surface area contributed by atoms with Crippen molar-refractivity contribution >= 4 is 17.3 Å². The van der Waals surface area contributed by atoms with Gasteiger partial charge >= 0.3 is 0 Å². The Bertz CT molecular complexity index is 512. The molecule has 7 heteroatoms. The Morgan fingerprint density at radius 1 is 1.42 bits per heavy atom. The molecule has 1 aromatic rings. The molecule has 6 nitrogen and oxygen atoms in total. The molecule has 0 aliphatic carbocycles. The molecular weight excluding hydrogens is 322 g/mol. The predicted molar refractivity (Wildman–Crippen MR) is 101 cm³/mol. The normalized spacial score (nSPS) is 19.0. The van der Waals surface area contributed by atoms with Gasteiger partial charge in [-0.2, -0.15) is 0 Å². The molecule has 1 fully saturated rings. The number of methoxy groups -OCH3 is 1. The largest absolute Gasteiger partial charge is 0.383 e. The van der Waals surface area contributed by atoms with Gasteiger partial charge in [0.25, 0.3) is 0 Å². The first kappa shape index (κ1) is 19.1. The minimum Gasteiger partial charge on any atom is -0.383 e. The summed E-state index contributed by atoms with van der Waals surface area (Å²) in [6.45, 7) is 11.6. The quantitative estimate of drug-likeness (QED) is 0.552. The summed E-state index contributed by atoms with van der Waals surface area (Å²) in [5.41, 5.74) is 1.11.